The maximum Gasteiger partial charge on any atom is 0.192 e. The Hall–Kier alpha value is 0.314. The lowest BCUT2D eigenvalue weighted by Gasteiger charge is -2.50. The first-order valence-electron chi connectivity index (χ1n) is 8.43. The highest BCUT2D eigenvalue weighted by Crippen LogP contribution is 2.45. The van der Waals surface area contributed by atoms with E-state index in [2.05, 4.69) is 53.9 Å². The Labute approximate surface area is 135 Å². The smallest absolute Gasteiger partial charge is 0.192 e. The van der Waals surface area contributed by atoms with E-state index in [-0.39, 0.29) is 10.3 Å². The lowest BCUT2D eigenvalue weighted by molar-refractivity contribution is 0.159. The van der Waals surface area contributed by atoms with Crippen LogP contribution in [-0.4, -0.2) is 34.7 Å². The molecule has 0 aliphatic heterocycles. The first kappa shape index (κ1) is 21.3. The molecule has 0 atom stereocenters. The number of hydrogen-bond acceptors (Lipinski definition) is 3. The van der Waals surface area contributed by atoms with Crippen LogP contribution >= 0.6 is 0 Å². The highest BCUT2D eigenvalue weighted by molar-refractivity contribution is 6.82. The van der Waals surface area contributed by atoms with Gasteiger partial charge in [-0.1, -0.05) is 33.0 Å². The van der Waals surface area contributed by atoms with Gasteiger partial charge in [0, 0.05) is 5.22 Å². The summed E-state index contributed by atoms with van der Waals surface area (Å²) in [5, 5.41) is 0.250. The van der Waals surface area contributed by atoms with E-state index < -0.39 is 16.4 Å². The monoisotopic (exact) mass is 332 g/mol. The van der Waals surface area contributed by atoms with Gasteiger partial charge in [0.25, 0.3) is 0 Å². The SMILES string of the molecule is CC(C)(O[Si](C)(C)C(C)(C)CCCN)[Si](C)(C)CCCN. The zero-order chi connectivity index (χ0) is 16.9. The number of hydrogen-bond donors (Lipinski definition) is 2. The normalized spacial score (nSPS) is 14.6. The second kappa shape index (κ2) is 7.73. The van der Waals surface area contributed by atoms with Crippen molar-refractivity contribution in [2.45, 2.75) is 89.5 Å². The van der Waals surface area contributed by atoms with E-state index in [4.69, 9.17) is 15.9 Å². The molecule has 0 saturated carbocycles. The second-order valence-corrected chi connectivity index (χ2v) is 18.7. The second-order valence-electron chi connectivity index (χ2n) is 8.67. The van der Waals surface area contributed by atoms with E-state index in [9.17, 15) is 0 Å². The third-order valence-corrected chi connectivity index (χ3v) is 15.5. The minimum absolute atomic E-state index is 0.00211. The molecule has 5 heteroatoms. The molecule has 3 nitrogen and oxygen atoms in total. The van der Waals surface area contributed by atoms with Crippen LogP contribution in [0.4, 0.5) is 0 Å². The fourth-order valence-corrected chi connectivity index (χ4v) is 8.50. The van der Waals surface area contributed by atoms with E-state index in [0.717, 1.165) is 32.4 Å². The third kappa shape index (κ3) is 5.79. The highest BCUT2D eigenvalue weighted by Gasteiger charge is 2.48. The van der Waals surface area contributed by atoms with Crippen LogP contribution in [0.15, 0.2) is 0 Å². The van der Waals surface area contributed by atoms with Crippen molar-refractivity contribution in [3.63, 3.8) is 0 Å². The highest BCUT2D eigenvalue weighted by atomic mass is 28.4. The summed E-state index contributed by atoms with van der Waals surface area (Å²) in [5.74, 6) is 0. The van der Waals surface area contributed by atoms with Gasteiger partial charge in [-0.15, -0.1) is 0 Å². The Morgan fingerprint density at radius 1 is 0.857 bits per heavy atom. The molecule has 0 bridgehead atoms. The van der Waals surface area contributed by atoms with Gasteiger partial charge < -0.3 is 15.9 Å². The maximum atomic E-state index is 6.87. The van der Waals surface area contributed by atoms with Crippen molar-refractivity contribution < 1.29 is 4.43 Å². The van der Waals surface area contributed by atoms with Crippen molar-refractivity contribution >= 4 is 16.4 Å². The molecular weight excluding hydrogens is 292 g/mol. The summed E-state index contributed by atoms with van der Waals surface area (Å²) in [5.41, 5.74) is 11.4. The van der Waals surface area contributed by atoms with Crippen LogP contribution in [0.5, 0.6) is 0 Å². The lowest BCUT2D eigenvalue weighted by Crippen LogP contribution is -2.59. The molecule has 4 N–H and O–H groups in total. The van der Waals surface area contributed by atoms with E-state index >= 15 is 0 Å². The average Bonchev–Trinajstić information content (AvgIpc) is 2.32. The summed E-state index contributed by atoms with van der Waals surface area (Å²) in [6.07, 6.45) is 3.36. The molecule has 0 aromatic carbocycles. The van der Waals surface area contributed by atoms with Crippen LogP contribution in [0, 0.1) is 0 Å². The fraction of sp³-hybridized carbons (Fsp3) is 1.00. The summed E-state index contributed by atoms with van der Waals surface area (Å²) in [7, 11) is -3.27. The van der Waals surface area contributed by atoms with Crippen molar-refractivity contribution in [2.24, 2.45) is 11.5 Å². The minimum atomic E-state index is -1.80. The minimum Gasteiger partial charge on any atom is -0.415 e. The van der Waals surface area contributed by atoms with Crippen molar-refractivity contribution in [3.8, 4) is 0 Å². The van der Waals surface area contributed by atoms with E-state index in [1.54, 1.807) is 0 Å². The third-order valence-electron chi connectivity index (χ3n) is 5.78. The van der Waals surface area contributed by atoms with Gasteiger partial charge in [0.1, 0.15) is 0 Å². The fourth-order valence-electron chi connectivity index (χ4n) is 2.60. The zero-order valence-electron chi connectivity index (χ0n) is 15.8. The van der Waals surface area contributed by atoms with Crippen LogP contribution in [0.25, 0.3) is 0 Å². The van der Waals surface area contributed by atoms with Gasteiger partial charge in [-0.2, -0.15) is 0 Å². The molecule has 0 spiro atoms. The lowest BCUT2D eigenvalue weighted by atomic mass is 10.1. The summed E-state index contributed by atoms with van der Waals surface area (Å²) >= 11 is 0. The van der Waals surface area contributed by atoms with Crippen LogP contribution in [-0.2, 0) is 4.43 Å². The van der Waals surface area contributed by atoms with Crippen molar-refractivity contribution in [1.29, 1.82) is 0 Å². The Morgan fingerprint density at radius 3 is 1.76 bits per heavy atom. The predicted molar refractivity (Wildman–Crippen MR) is 101 cm³/mol. The van der Waals surface area contributed by atoms with E-state index in [0.29, 0.717) is 0 Å². The van der Waals surface area contributed by atoms with Gasteiger partial charge in [-0.05, 0) is 64.3 Å². The molecule has 0 aromatic rings. The molecule has 0 unspecified atom stereocenters. The van der Waals surface area contributed by atoms with Gasteiger partial charge in [0.2, 0.25) is 0 Å². The topological polar surface area (TPSA) is 61.3 Å². The first-order valence-corrected chi connectivity index (χ1v) is 14.5. The molecule has 0 amide bonds. The van der Waals surface area contributed by atoms with Crippen molar-refractivity contribution in [2.75, 3.05) is 13.1 Å². The Bertz CT molecular complexity index is 285. The van der Waals surface area contributed by atoms with Gasteiger partial charge in [-0.3, -0.25) is 0 Å². The molecule has 0 rings (SSSR count). The first-order chi connectivity index (χ1) is 9.33. The maximum absolute atomic E-state index is 6.87. The quantitative estimate of drug-likeness (QED) is 0.592. The summed E-state index contributed by atoms with van der Waals surface area (Å²) in [4.78, 5) is 0. The number of rotatable bonds is 10. The molecule has 0 saturated heterocycles. The molecule has 21 heavy (non-hydrogen) atoms. The van der Waals surface area contributed by atoms with Gasteiger partial charge in [0.05, 0.1) is 8.07 Å². The largest absolute Gasteiger partial charge is 0.415 e. The molecule has 128 valence electrons. The predicted octanol–water partition coefficient (Wildman–Crippen LogP) is 4.10. The van der Waals surface area contributed by atoms with E-state index in [1.807, 2.05) is 0 Å². The summed E-state index contributed by atoms with van der Waals surface area (Å²) in [6, 6.07) is 1.24. The average molecular weight is 333 g/mol. The van der Waals surface area contributed by atoms with Gasteiger partial charge in [0.15, 0.2) is 8.32 Å². The Balaban J connectivity index is 5.04. The molecule has 0 heterocycles. The zero-order valence-corrected chi connectivity index (χ0v) is 17.8. The van der Waals surface area contributed by atoms with Crippen LogP contribution in [0.3, 0.4) is 0 Å². The van der Waals surface area contributed by atoms with E-state index in [1.165, 1.54) is 6.04 Å². The van der Waals surface area contributed by atoms with Gasteiger partial charge >= 0.3 is 0 Å². The molecular formula is C16H40N2OSi2. The van der Waals surface area contributed by atoms with Crippen molar-refractivity contribution in [3.05, 3.63) is 0 Å². The molecule has 0 fully saturated rings. The van der Waals surface area contributed by atoms with Gasteiger partial charge in [-0.25, -0.2) is 0 Å². The molecule has 0 radical (unpaired) electrons. The summed E-state index contributed by atoms with van der Waals surface area (Å²) in [6.45, 7) is 20.5. The van der Waals surface area contributed by atoms with Crippen molar-refractivity contribution in [1.82, 2.24) is 0 Å². The van der Waals surface area contributed by atoms with Crippen LogP contribution < -0.4 is 11.5 Å². The molecule has 0 aromatic heterocycles. The standard InChI is InChI=1S/C16H40N2OSi2/c1-15(2,11-9-12-17)21(7,8)19-16(3,4)20(5,6)14-10-13-18/h9-14,17-18H2,1-8H3. The summed E-state index contributed by atoms with van der Waals surface area (Å²) < 4.78 is 6.87. The van der Waals surface area contributed by atoms with Crippen LogP contribution in [0.2, 0.25) is 37.3 Å². The molecule has 0 aliphatic rings. The number of nitrogens with two attached hydrogens (primary N) is 2. The molecule has 0 aliphatic carbocycles. The Morgan fingerprint density at radius 2 is 1.33 bits per heavy atom. The van der Waals surface area contributed by atoms with Crippen LogP contribution in [0.1, 0.15) is 47.0 Å². The Kier molecular flexibility index (Phi) is 7.84.